The van der Waals surface area contributed by atoms with Crippen molar-refractivity contribution in [2.75, 3.05) is 5.43 Å². The van der Waals surface area contributed by atoms with Gasteiger partial charge in [-0.2, -0.15) is 15.6 Å². The largest absolute Gasteiger partial charge is 0.307 e. The molecule has 1 aliphatic carbocycles. The molecule has 3 rings (SSSR count). The van der Waals surface area contributed by atoms with E-state index in [9.17, 15) is 8.42 Å². The lowest BCUT2D eigenvalue weighted by Crippen LogP contribution is -2.33. The maximum atomic E-state index is 12.9. The van der Waals surface area contributed by atoms with Crippen molar-refractivity contribution in [1.82, 2.24) is 9.29 Å². The first-order valence-corrected chi connectivity index (χ1v) is 8.96. The Balaban J connectivity index is 1.97. The summed E-state index contributed by atoms with van der Waals surface area (Å²) in [7, 11) is -3.62. The number of anilines is 1. The van der Waals surface area contributed by atoms with Gasteiger partial charge in [-0.05, 0) is 47.4 Å². The zero-order valence-electron chi connectivity index (χ0n) is 11.3. The second-order valence-corrected chi connectivity index (χ2v) is 7.55. The summed E-state index contributed by atoms with van der Waals surface area (Å²) in [6.45, 7) is 0.384. The van der Waals surface area contributed by atoms with Crippen LogP contribution < -0.4 is 11.3 Å². The predicted octanol–water partition coefficient (Wildman–Crippen LogP) is 1.78. The molecule has 112 valence electrons. The molecule has 0 aromatic carbocycles. The standard InChI is InChI=1S/C13H16N4O2S2/c14-16-13-12(2-1-6-15-13)21(18,19)17(11-3-4-11)8-10-5-7-20-9-10/h1-2,5-7,9,11H,3-4,8,14H2,(H,15,16). The molecule has 1 aliphatic rings. The van der Waals surface area contributed by atoms with Gasteiger partial charge in [-0.15, -0.1) is 0 Å². The molecule has 0 atom stereocenters. The van der Waals surface area contributed by atoms with E-state index in [-0.39, 0.29) is 16.8 Å². The van der Waals surface area contributed by atoms with Crippen LogP contribution in [0.2, 0.25) is 0 Å². The van der Waals surface area contributed by atoms with E-state index in [2.05, 4.69) is 10.4 Å². The van der Waals surface area contributed by atoms with Gasteiger partial charge in [-0.25, -0.2) is 19.2 Å². The summed E-state index contributed by atoms with van der Waals surface area (Å²) < 4.78 is 27.4. The third kappa shape index (κ3) is 2.93. The van der Waals surface area contributed by atoms with Crippen molar-refractivity contribution >= 4 is 27.2 Å². The Bertz CT molecular complexity index is 712. The van der Waals surface area contributed by atoms with Crippen LogP contribution in [-0.2, 0) is 16.6 Å². The monoisotopic (exact) mass is 324 g/mol. The van der Waals surface area contributed by atoms with Crippen molar-refractivity contribution in [3.63, 3.8) is 0 Å². The highest BCUT2D eigenvalue weighted by Crippen LogP contribution is 2.35. The molecular weight excluding hydrogens is 308 g/mol. The van der Waals surface area contributed by atoms with E-state index in [1.807, 2.05) is 16.8 Å². The van der Waals surface area contributed by atoms with Gasteiger partial charge in [0, 0.05) is 18.8 Å². The minimum Gasteiger partial charge on any atom is -0.307 e. The number of rotatable bonds is 6. The Morgan fingerprint density at radius 1 is 1.43 bits per heavy atom. The number of nitrogens with two attached hydrogens (primary N) is 1. The second kappa shape index (κ2) is 5.72. The first-order valence-electron chi connectivity index (χ1n) is 6.57. The Kier molecular flexibility index (Phi) is 3.94. The second-order valence-electron chi connectivity index (χ2n) is 4.91. The highest BCUT2D eigenvalue weighted by atomic mass is 32.2. The molecule has 0 aliphatic heterocycles. The molecule has 6 nitrogen and oxygen atoms in total. The minimum atomic E-state index is -3.62. The molecule has 0 spiro atoms. The summed E-state index contributed by atoms with van der Waals surface area (Å²) in [5, 5.41) is 3.92. The van der Waals surface area contributed by atoms with E-state index in [1.165, 1.54) is 12.3 Å². The van der Waals surface area contributed by atoms with Gasteiger partial charge >= 0.3 is 0 Å². The number of hydrogen-bond acceptors (Lipinski definition) is 6. The van der Waals surface area contributed by atoms with Gasteiger partial charge in [0.15, 0.2) is 5.82 Å². The number of nitrogen functional groups attached to an aromatic ring is 1. The van der Waals surface area contributed by atoms with Gasteiger partial charge in [0.2, 0.25) is 10.0 Å². The highest BCUT2D eigenvalue weighted by Gasteiger charge is 2.39. The molecule has 1 fully saturated rings. The van der Waals surface area contributed by atoms with Gasteiger partial charge in [0.25, 0.3) is 0 Å². The topological polar surface area (TPSA) is 88.3 Å². The number of hydrogen-bond donors (Lipinski definition) is 2. The Morgan fingerprint density at radius 2 is 2.24 bits per heavy atom. The lowest BCUT2D eigenvalue weighted by atomic mass is 10.3. The number of hydrazine groups is 1. The molecule has 2 heterocycles. The molecular formula is C13H16N4O2S2. The average molecular weight is 324 g/mol. The highest BCUT2D eigenvalue weighted by molar-refractivity contribution is 7.89. The van der Waals surface area contributed by atoms with Gasteiger partial charge in [-0.1, -0.05) is 0 Å². The number of nitrogens with one attached hydrogen (secondary N) is 1. The Labute approximate surface area is 127 Å². The molecule has 2 aromatic rings. The Hall–Kier alpha value is -1.48. The van der Waals surface area contributed by atoms with Crippen LogP contribution in [0, 0.1) is 0 Å². The van der Waals surface area contributed by atoms with Crippen LogP contribution in [0.25, 0.3) is 0 Å². The smallest absolute Gasteiger partial charge is 0.247 e. The van der Waals surface area contributed by atoms with Crippen molar-refractivity contribution in [1.29, 1.82) is 0 Å². The van der Waals surface area contributed by atoms with E-state index in [0.29, 0.717) is 6.54 Å². The minimum absolute atomic E-state index is 0.0701. The molecule has 0 unspecified atom stereocenters. The summed E-state index contributed by atoms with van der Waals surface area (Å²) in [4.78, 5) is 4.10. The summed E-state index contributed by atoms with van der Waals surface area (Å²) in [5.74, 6) is 5.56. The first kappa shape index (κ1) is 14.5. The number of sulfonamides is 1. The SMILES string of the molecule is NNc1ncccc1S(=O)(=O)N(Cc1ccsc1)C1CC1. The zero-order chi connectivity index (χ0) is 14.9. The molecule has 0 bridgehead atoms. The summed E-state index contributed by atoms with van der Waals surface area (Å²) >= 11 is 1.56. The van der Waals surface area contributed by atoms with Crippen molar-refractivity contribution in [2.24, 2.45) is 5.84 Å². The van der Waals surface area contributed by atoms with Gasteiger partial charge in [-0.3, -0.25) is 0 Å². The molecule has 2 aromatic heterocycles. The number of thiophene rings is 1. The van der Waals surface area contributed by atoms with Crippen LogP contribution in [0.3, 0.4) is 0 Å². The zero-order valence-corrected chi connectivity index (χ0v) is 12.9. The van der Waals surface area contributed by atoms with E-state index < -0.39 is 10.0 Å². The molecule has 21 heavy (non-hydrogen) atoms. The van der Waals surface area contributed by atoms with Crippen LogP contribution in [0.5, 0.6) is 0 Å². The Morgan fingerprint density at radius 3 is 2.86 bits per heavy atom. The van der Waals surface area contributed by atoms with Crippen molar-refractivity contribution in [3.05, 3.63) is 40.7 Å². The maximum Gasteiger partial charge on any atom is 0.247 e. The third-order valence-electron chi connectivity index (χ3n) is 3.37. The summed E-state index contributed by atoms with van der Waals surface area (Å²) in [6.07, 6.45) is 3.30. The molecule has 1 saturated carbocycles. The van der Waals surface area contributed by atoms with E-state index in [4.69, 9.17) is 5.84 Å². The molecule has 0 amide bonds. The van der Waals surface area contributed by atoms with E-state index >= 15 is 0 Å². The van der Waals surface area contributed by atoms with Crippen LogP contribution in [0.15, 0.2) is 40.1 Å². The summed E-state index contributed by atoms with van der Waals surface area (Å²) in [6, 6.07) is 5.14. The fourth-order valence-corrected chi connectivity index (χ4v) is 4.61. The van der Waals surface area contributed by atoms with Crippen molar-refractivity contribution < 1.29 is 8.42 Å². The van der Waals surface area contributed by atoms with Crippen LogP contribution in [-0.4, -0.2) is 23.7 Å². The maximum absolute atomic E-state index is 12.9. The fourth-order valence-electron chi connectivity index (χ4n) is 2.17. The number of nitrogens with zero attached hydrogens (tertiary/aromatic N) is 2. The summed E-state index contributed by atoms with van der Waals surface area (Å²) in [5.41, 5.74) is 3.36. The van der Waals surface area contributed by atoms with E-state index in [0.717, 1.165) is 18.4 Å². The predicted molar refractivity (Wildman–Crippen MR) is 82.1 cm³/mol. The third-order valence-corrected chi connectivity index (χ3v) is 6.03. The van der Waals surface area contributed by atoms with Gasteiger partial charge in [0.1, 0.15) is 4.90 Å². The van der Waals surface area contributed by atoms with Crippen molar-refractivity contribution in [2.45, 2.75) is 30.3 Å². The average Bonchev–Trinajstić information content (AvgIpc) is 3.20. The van der Waals surface area contributed by atoms with Crippen LogP contribution >= 0.6 is 11.3 Å². The molecule has 0 saturated heterocycles. The lowest BCUT2D eigenvalue weighted by molar-refractivity contribution is 0.399. The number of aromatic nitrogens is 1. The van der Waals surface area contributed by atoms with Gasteiger partial charge in [0.05, 0.1) is 0 Å². The first-order chi connectivity index (χ1) is 10.1. The van der Waals surface area contributed by atoms with Gasteiger partial charge < -0.3 is 5.43 Å². The molecule has 0 radical (unpaired) electrons. The normalized spacial score (nSPS) is 15.3. The molecule has 8 heteroatoms. The molecule has 3 N–H and O–H groups in total. The van der Waals surface area contributed by atoms with Crippen molar-refractivity contribution in [3.8, 4) is 0 Å². The fraction of sp³-hybridized carbons (Fsp3) is 0.308. The van der Waals surface area contributed by atoms with Crippen LogP contribution in [0.4, 0.5) is 5.82 Å². The van der Waals surface area contributed by atoms with Crippen LogP contribution in [0.1, 0.15) is 18.4 Å². The van der Waals surface area contributed by atoms with E-state index in [1.54, 1.807) is 21.7 Å². The quantitative estimate of drug-likeness (QED) is 0.624. The lowest BCUT2D eigenvalue weighted by Gasteiger charge is -2.22. The number of pyridine rings is 1.